The van der Waals surface area contributed by atoms with Gasteiger partial charge in [0.2, 0.25) is 0 Å². The lowest BCUT2D eigenvalue weighted by molar-refractivity contribution is -0.115. The number of phenolic OH excluding ortho intramolecular Hbond substituents is 1. The Morgan fingerprint density at radius 2 is 1.96 bits per heavy atom. The summed E-state index contributed by atoms with van der Waals surface area (Å²) in [5.41, 5.74) is 1.24. The Balaban J connectivity index is 1.88. The second-order valence-corrected chi connectivity index (χ2v) is 6.88. The van der Waals surface area contributed by atoms with Gasteiger partial charge >= 0.3 is 0 Å². The fourth-order valence-electron chi connectivity index (χ4n) is 2.09. The zero-order chi connectivity index (χ0) is 18.0. The third-order valence-corrected chi connectivity index (χ3v) is 4.78. The summed E-state index contributed by atoms with van der Waals surface area (Å²) in [5.74, 6) is -0.0706. The number of nitrogens with one attached hydrogen (secondary N) is 1. The van der Waals surface area contributed by atoms with E-state index in [0.29, 0.717) is 31.4 Å². The number of carbonyl (C=O) groups excluding carboxylic acids is 1. The molecular weight excluding hydrogens is 383 g/mol. The minimum Gasteiger partial charge on any atom is -0.504 e. The first-order valence-corrected chi connectivity index (χ1v) is 8.65. The Morgan fingerprint density at radius 1 is 1.24 bits per heavy atom. The molecule has 0 aromatic heterocycles. The van der Waals surface area contributed by atoms with Gasteiger partial charge in [-0.15, -0.1) is 0 Å². The number of benzene rings is 2. The van der Waals surface area contributed by atoms with Crippen molar-refractivity contribution in [2.45, 2.75) is 0 Å². The van der Waals surface area contributed by atoms with Crippen LogP contribution in [0.15, 0.2) is 46.3 Å². The zero-order valence-corrected chi connectivity index (χ0v) is 15.2. The van der Waals surface area contributed by atoms with Gasteiger partial charge in [-0.25, -0.2) is 4.99 Å². The monoisotopic (exact) mass is 394 g/mol. The molecular formula is C17H12Cl2N2O3S. The maximum absolute atomic E-state index is 12.1. The van der Waals surface area contributed by atoms with Crippen LogP contribution in [0.2, 0.25) is 10.0 Å². The van der Waals surface area contributed by atoms with Crippen LogP contribution in [0.5, 0.6) is 11.5 Å². The van der Waals surface area contributed by atoms with Crippen LogP contribution in [0.4, 0.5) is 5.69 Å². The van der Waals surface area contributed by atoms with Crippen LogP contribution in [0.1, 0.15) is 5.56 Å². The second kappa shape index (κ2) is 7.39. The summed E-state index contributed by atoms with van der Waals surface area (Å²) in [4.78, 5) is 16.9. The van der Waals surface area contributed by atoms with Crippen molar-refractivity contribution in [2.24, 2.45) is 4.99 Å². The molecule has 2 N–H and O–H groups in total. The molecule has 0 radical (unpaired) electrons. The number of thioether (sulfide) groups is 1. The molecule has 1 aliphatic heterocycles. The van der Waals surface area contributed by atoms with E-state index in [0.717, 1.165) is 0 Å². The molecule has 1 aliphatic rings. The summed E-state index contributed by atoms with van der Waals surface area (Å²) < 4.78 is 5.06. The van der Waals surface area contributed by atoms with Crippen LogP contribution in [-0.2, 0) is 4.79 Å². The van der Waals surface area contributed by atoms with E-state index in [2.05, 4.69) is 10.3 Å². The average molecular weight is 395 g/mol. The lowest BCUT2D eigenvalue weighted by Gasteiger charge is -2.06. The van der Waals surface area contributed by atoms with Gasteiger partial charge in [-0.3, -0.25) is 4.79 Å². The quantitative estimate of drug-likeness (QED) is 0.746. The number of amides is 1. The largest absolute Gasteiger partial charge is 0.504 e. The maximum atomic E-state index is 12.1. The number of phenols is 1. The predicted molar refractivity (Wildman–Crippen MR) is 102 cm³/mol. The molecule has 2 aromatic carbocycles. The number of methoxy groups -OCH3 is 1. The number of aromatic hydroxyl groups is 1. The summed E-state index contributed by atoms with van der Waals surface area (Å²) in [5, 5.41) is 13.8. The average Bonchev–Trinajstić information content (AvgIpc) is 2.91. The van der Waals surface area contributed by atoms with E-state index in [4.69, 9.17) is 27.9 Å². The van der Waals surface area contributed by atoms with Crippen LogP contribution in [0.25, 0.3) is 6.08 Å². The Hall–Kier alpha value is -2.15. The van der Waals surface area contributed by atoms with Crippen molar-refractivity contribution >= 4 is 57.8 Å². The standard InChI is InChI=1S/C17H12Cl2N2O3S/c1-24-14-6-9(12(19)8-13(14)22)7-15-16(23)21-17(25-15)20-11-4-2-10(18)3-5-11/h2-8,22H,1H3,(H,20,21,23)/b15-7-. The number of nitrogens with zero attached hydrogens (tertiary/aromatic N) is 1. The van der Waals surface area contributed by atoms with E-state index in [1.165, 1.54) is 24.9 Å². The number of aliphatic imine (C=N–C) groups is 1. The molecule has 3 rings (SSSR count). The molecule has 1 heterocycles. The first-order chi connectivity index (χ1) is 12.0. The van der Waals surface area contributed by atoms with Gasteiger partial charge in [-0.05, 0) is 53.7 Å². The minimum atomic E-state index is -0.277. The van der Waals surface area contributed by atoms with Crippen molar-refractivity contribution in [3.05, 3.63) is 56.9 Å². The van der Waals surface area contributed by atoms with E-state index in [1.54, 1.807) is 36.4 Å². The summed E-state index contributed by atoms with van der Waals surface area (Å²) in [6.45, 7) is 0. The highest BCUT2D eigenvalue weighted by molar-refractivity contribution is 8.18. The van der Waals surface area contributed by atoms with Gasteiger partial charge in [0.1, 0.15) is 0 Å². The van der Waals surface area contributed by atoms with Crippen LogP contribution < -0.4 is 10.1 Å². The van der Waals surface area contributed by atoms with Gasteiger partial charge in [-0.1, -0.05) is 23.2 Å². The smallest absolute Gasteiger partial charge is 0.264 e. The highest BCUT2D eigenvalue weighted by atomic mass is 35.5. The zero-order valence-electron chi connectivity index (χ0n) is 12.9. The number of hydrogen-bond acceptors (Lipinski definition) is 5. The summed E-state index contributed by atoms with van der Waals surface area (Å²) in [6, 6.07) is 9.89. The van der Waals surface area contributed by atoms with Crippen LogP contribution in [0.3, 0.4) is 0 Å². The molecule has 0 aliphatic carbocycles. The van der Waals surface area contributed by atoms with Crippen molar-refractivity contribution in [2.75, 3.05) is 7.11 Å². The number of rotatable bonds is 3. The molecule has 0 bridgehead atoms. The first kappa shape index (κ1) is 17.7. The Morgan fingerprint density at radius 3 is 2.64 bits per heavy atom. The summed E-state index contributed by atoms with van der Waals surface area (Å²) in [6.07, 6.45) is 1.62. The maximum Gasteiger partial charge on any atom is 0.264 e. The van der Waals surface area contributed by atoms with Crippen molar-refractivity contribution < 1.29 is 14.6 Å². The van der Waals surface area contributed by atoms with E-state index in [9.17, 15) is 9.90 Å². The summed E-state index contributed by atoms with van der Waals surface area (Å²) in [7, 11) is 1.44. The van der Waals surface area contributed by atoms with E-state index < -0.39 is 0 Å². The number of ether oxygens (including phenoxy) is 1. The molecule has 0 saturated carbocycles. The van der Waals surface area contributed by atoms with Gasteiger partial charge in [0.25, 0.3) is 5.91 Å². The normalized spacial score (nSPS) is 17.2. The molecule has 5 nitrogen and oxygen atoms in total. The highest BCUT2D eigenvalue weighted by Gasteiger charge is 2.24. The molecule has 1 fully saturated rings. The number of amidine groups is 1. The Bertz CT molecular complexity index is 896. The van der Waals surface area contributed by atoms with Gasteiger partial charge in [0.15, 0.2) is 16.7 Å². The molecule has 0 spiro atoms. The van der Waals surface area contributed by atoms with Crippen molar-refractivity contribution in [1.29, 1.82) is 0 Å². The third kappa shape index (κ3) is 4.10. The number of carbonyl (C=O) groups is 1. The van der Waals surface area contributed by atoms with E-state index >= 15 is 0 Å². The molecule has 8 heteroatoms. The minimum absolute atomic E-state index is 0.0665. The van der Waals surface area contributed by atoms with Gasteiger partial charge < -0.3 is 15.2 Å². The molecule has 128 valence electrons. The van der Waals surface area contributed by atoms with Gasteiger partial charge in [0.05, 0.1) is 22.7 Å². The highest BCUT2D eigenvalue weighted by Crippen LogP contribution is 2.35. The lowest BCUT2D eigenvalue weighted by atomic mass is 10.2. The summed E-state index contributed by atoms with van der Waals surface area (Å²) >= 11 is 13.2. The topological polar surface area (TPSA) is 70.9 Å². The Labute approximate surface area is 158 Å². The van der Waals surface area contributed by atoms with E-state index in [-0.39, 0.29) is 17.4 Å². The molecule has 1 saturated heterocycles. The predicted octanol–water partition coefficient (Wildman–Crippen LogP) is 4.60. The number of hydrogen-bond donors (Lipinski definition) is 2. The fraction of sp³-hybridized carbons (Fsp3) is 0.0588. The molecule has 1 amide bonds. The first-order valence-electron chi connectivity index (χ1n) is 7.08. The van der Waals surface area contributed by atoms with Crippen LogP contribution in [-0.4, -0.2) is 23.3 Å². The van der Waals surface area contributed by atoms with Crippen LogP contribution in [0, 0.1) is 0 Å². The molecule has 0 atom stereocenters. The van der Waals surface area contributed by atoms with Crippen molar-refractivity contribution in [3.63, 3.8) is 0 Å². The van der Waals surface area contributed by atoms with Gasteiger partial charge in [-0.2, -0.15) is 0 Å². The Kier molecular flexibility index (Phi) is 5.22. The van der Waals surface area contributed by atoms with Gasteiger partial charge in [0, 0.05) is 11.1 Å². The van der Waals surface area contributed by atoms with E-state index in [1.807, 2.05) is 0 Å². The SMILES string of the molecule is COc1cc(/C=C2\SC(=Nc3ccc(Cl)cc3)NC2=O)c(Cl)cc1O. The molecule has 2 aromatic rings. The van der Waals surface area contributed by atoms with Crippen LogP contribution >= 0.6 is 35.0 Å². The van der Waals surface area contributed by atoms with Crippen molar-refractivity contribution in [1.82, 2.24) is 5.32 Å². The lowest BCUT2D eigenvalue weighted by Crippen LogP contribution is -2.19. The fourth-order valence-corrected chi connectivity index (χ4v) is 3.26. The third-order valence-electron chi connectivity index (χ3n) is 3.29. The number of halogens is 2. The molecule has 25 heavy (non-hydrogen) atoms. The molecule has 0 unspecified atom stereocenters. The van der Waals surface area contributed by atoms with Crippen molar-refractivity contribution in [3.8, 4) is 11.5 Å². The second-order valence-electron chi connectivity index (χ2n) is 5.00.